The lowest BCUT2D eigenvalue weighted by Crippen LogP contribution is -2.33. The zero-order valence-electron chi connectivity index (χ0n) is 11.8. The quantitative estimate of drug-likeness (QED) is 0.913. The van der Waals surface area contributed by atoms with Gasteiger partial charge in [-0.25, -0.2) is 14.4 Å². The molecule has 2 aromatic heterocycles. The molecular formula is C13H15FN6OS. The first-order valence-corrected chi connectivity index (χ1v) is 8.00. The molecular weight excluding hydrogens is 307 g/mol. The highest BCUT2D eigenvalue weighted by Gasteiger charge is 2.46. The van der Waals surface area contributed by atoms with Crippen LogP contribution in [0.25, 0.3) is 0 Å². The van der Waals surface area contributed by atoms with Gasteiger partial charge in [0.2, 0.25) is 11.1 Å². The predicted octanol–water partition coefficient (Wildman–Crippen LogP) is 1.32. The summed E-state index contributed by atoms with van der Waals surface area (Å²) in [6.07, 6.45) is 4.17. The highest BCUT2D eigenvalue weighted by Crippen LogP contribution is 2.37. The van der Waals surface area contributed by atoms with Crippen molar-refractivity contribution in [1.82, 2.24) is 20.2 Å². The number of rotatable bonds is 3. The van der Waals surface area contributed by atoms with Gasteiger partial charge in [-0.3, -0.25) is 0 Å². The smallest absolute Gasteiger partial charge is 0.223 e. The van der Waals surface area contributed by atoms with E-state index in [9.17, 15) is 4.39 Å². The van der Waals surface area contributed by atoms with E-state index in [1.807, 2.05) is 0 Å². The van der Waals surface area contributed by atoms with Gasteiger partial charge in [0, 0.05) is 19.5 Å². The van der Waals surface area contributed by atoms with Gasteiger partial charge in [0.25, 0.3) is 0 Å². The van der Waals surface area contributed by atoms with Crippen molar-refractivity contribution < 1.29 is 9.13 Å². The van der Waals surface area contributed by atoms with Crippen molar-refractivity contribution in [1.29, 1.82) is 0 Å². The summed E-state index contributed by atoms with van der Waals surface area (Å²) in [6, 6.07) is 0.139. The van der Waals surface area contributed by atoms with Gasteiger partial charge in [-0.15, -0.1) is 10.2 Å². The average molecular weight is 322 g/mol. The van der Waals surface area contributed by atoms with Crippen molar-refractivity contribution in [2.45, 2.75) is 24.5 Å². The Morgan fingerprint density at radius 3 is 3.05 bits per heavy atom. The van der Waals surface area contributed by atoms with Crippen molar-refractivity contribution in [3.63, 3.8) is 0 Å². The molecule has 7 nitrogen and oxygen atoms in total. The Kier molecular flexibility index (Phi) is 3.38. The monoisotopic (exact) mass is 322 g/mol. The van der Waals surface area contributed by atoms with E-state index >= 15 is 0 Å². The van der Waals surface area contributed by atoms with Crippen molar-refractivity contribution in [3.05, 3.63) is 23.7 Å². The van der Waals surface area contributed by atoms with Crippen molar-refractivity contribution in [3.8, 4) is 0 Å². The Morgan fingerprint density at radius 2 is 2.27 bits per heavy atom. The van der Waals surface area contributed by atoms with Gasteiger partial charge < -0.3 is 15.0 Å². The number of aromatic nitrogens is 4. The fourth-order valence-electron chi connectivity index (χ4n) is 3.10. The van der Waals surface area contributed by atoms with Crippen molar-refractivity contribution in [2.24, 2.45) is 0 Å². The van der Waals surface area contributed by atoms with Crippen LogP contribution in [0.4, 0.5) is 15.5 Å². The molecule has 116 valence electrons. The summed E-state index contributed by atoms with van der Waals surface area (Å²) in [6.45, 7) is 2.35. The van der Waals surface area contributed by atoms with Crippen LogP contribution in [0.5, 0.6) is 0 Å². The number of halogens is 1. The zero-order valence-corrected chi connectivity index (χ0v) is 12.6. The minimum Gasteiger partial charge on any atom is -0.371 e. The molecule has 2 atom stereocenters. The minimum absolute atomic E-state index is 0.139. The van der Waals surface area contributed by atoms with E-state index in [1.54, 1.807) is 16.8 Å². The third-order valence-electron chi connectivity index (χ3n) is 4.10. The average Bonchev–Trinajstić information content (AvgIpc) is 3.24. The summed E-state index contributed by atoms with van der Waals surface area (Å²) < 4.78 is 18.9. The molecule has 2 fully saturated rings. The normalized spacial score (nSPS) is 27.7. The number of nitrogens with one attached hydrogen (secondary N) is 1. The Morgan fingerprint density at radius 1 is 1.41 bits per heavy atom. The van der Waals surface area contributed by atoms with E-state index in [0.29, 0.717) is 12.6 Å². The summed E-state index contributed by atoms with van der Waals surface area (Å²) in [7, 11) is 0. The van der Waals surface area contributed by atoms with Gasteiger partial charge in [0.1, 0.15) is 5.51 Å². The molecule has 2 aliphatic rings. The molecule has 4 rings (SSSR count). The summed E-state index contributed by atoms with van der Waals surface area (Å²) >= 11 is 1.54. The maximum Gasteiger partial charge on any atom is 0.223 e. The fourth-order valence-corrected chi connectivity index (χ4v) is 3.69. The van der Waals surface area contributed by atoms with E-state index in [2.05, 4.69) is 30.4 Å². The van der Waals surface area contributed by atoms with Gasteiger partial charge in [0.05, 0.1) is 30.6 Å². The topological polar surface area (TPSA) is 76.1 Å². The van der Waals surface area contributed by atoms with E-state index in [4.69, 9.17) is 4.74 Å². The van der Waals surface area contributed by atoms with Gasteiger partial charge in [-0.05, 0) is 6.42 Å². The highest BCUT2D eigenvalue weighted by molar-refractivity contribution is 7.13. The number of nitrogens with zero attached hydrogens (tertiary/aromatic N) is 5. The van der Waals surface area contributed by atoms with E-state index in [0.717, 1.165) is 43.5 Å². The van der Waals surface area contributed by atoms with Crippen LogP contribution in [0.2, 0.25) is 0 Å². The molecule has 2 aliphatic heterocycles. The first kappa shape index (κ1) is 13.8. The lowest BCUT2D eigenvalue weighted by Gasteiger charge is -2.22. The molecule has 0 aliphatic carbocycles. The Balaban J connectivity index is 1.39. The molecule has 0 bridgehead atoms. The molecule has 2 aromatic rings. The maximum atomic E-state index is 12.8. The van der Waals surface area contributed by atoms with Gasteiger partial charge >= 0.3 is 0 Å². The Hall–Kier alpha value is -1.87. The standard InChI is InChI=1S/C13H15FN6OS/c14-9-4-15-11(16-5-9)18-10-3-13(21-6-10)1-2-20(7-13)12-19-17-8-22-12/h4-5,8,10H,1-3,6-7H2,(H,15,16,18). The number of anilines is 2. The van der Waals surface area contributed by atoms with Crippen LogP contribution in [0.3, 0.4) is 0 Å². The second kappa shape index (κ2) is 5.40. The Labute approximate surface area is 130 Å². The van der Waals surface area contributed by atoms with Crippen LogP contribution in [0.15, 0.2) is 17.9 Å². The molecule has 22 heavy (non-hydrogen) atoms. The predicted molar refractivity (Wildman–Crippen MR) is 79.4 cm³/mol. The van der Waals surface area contributed by atoms with E-state index in [-0.39, 0.29) is 11.6 Å². The van der Waals surface area contributed by atoms with Crippen LogP contribution in [-0.4, -0.2) is 51.5 Å². The summed E-state index contributed by atoms with van der Waals surface area (Å²) in [5, 5.41) is 12.2. The Bertz CT molecular complexity index is 638. The second-order valence-electron chi connectivity index (χ2n) is 5.66. The maximum absolute atomic E-state index is 12.8. The molecule has 4 heterocycles. The molecule has 0 saturated carbocycles. The summed E-state index contributed by atoms with van der Waals surface area (Å²) in [4.78, 5) is 10.1. The zero-order chi connectivity index (χ0) is 15.0. The van der Waals surface area contributed by atoms with Crippen LogP contribution in [0.1, 0.15) is 12.8 Å². The summed E-state index contributed by atoms with van der Waals surface area (Å²) in [5.41, 5.74) is 1.59. The number of ether oxygens (including phenoxy) is 1. The first-order valence-electron chi connectivity index (χ1n) is 7.12. The van der Waals surface area contributed by atoms with Crippen molar-refractivity contribution >= 4 is 22.4 Å². The molecule has 2 saturated heterocycles. The van der Waals surface area contributed by atoms with Gasteiger partial charge in [0.15, 0.2) is 5.82 Å². The molecule has 0 radical (unpaired) electrons. The highest BCUT2D eigenvalue weighted by atomic mass is 32.1. The third kappa shape index (κ3) is 2.61. The summed E-state index contributed by atoms with van der Waals surface area (Å²) in [5.74, 6) is -0.000731. The SMILES string of the molecule is Fc1cnc(NC2COC3(CCN(c4nncs4)C3)C2)nc1. The lowest BCUT2D eigenvalue weighted by molar-refractivity contribution is 0.0229. The fraction of sp³-hybridized carbons (Fsp3) is 0.538. The molecule has 1 spiro atoms. The number of hydrogen-bond acceptors (Lipinski definition) is 8. The van der Waals surface area contributed by atoms with E-state index < -0.39 is 5.82 Å². The van der Waals surface area contributed by atoms with Crippen LogP contribution < -0.4 is 10.2 Å². The molecule has 0 aromatic carbocycles. The minimum atomic E-state index is -0.437. The molecule has 2 unspecified atom stereocenters. The van der Waals surface area contributed by atoms with Crippen LogP contribution >= 0.6 is 11.3 Å². The van der Waals surface area contributed by atoms with Gasteiger partial charge in [-0.2, -0.15) is 0 Å². The molecule has 9 heteroatoms. The van der Waals surface area contributed by atoms with Crippen LogP contribution in [0, 0.1) is 5.82 Å². The first-order chi connectivity index (χ1) is 10.7. The second-order valence-corrected chi connectivity index (χ2v) is 6.47. The van der Waals surface area contributed by atoms with Crippen molar-refractivity contribution in [2.75, 3.05) is 29.9 Å². The third-order valence-corrected chi connectivity index (χ3v) is 4.85. The van der Waals surface area contributed by atoms with Crippen LogP contribution in [-0.2, 0) is 4.74 Å². The lowest BCUT2D eigenvalue weighted by atomic mass is 9.97. The molecule has 1 N–H and O–H groups in total. The van der Waals surface area contributed by atoms with Gasteiger partial charge in [-0.1, -0.05) is 11.3 Å². The molecule has 0 amide bonds. The van der Waals surface area contributed by atoms with E-state index in [1.165, 1.54) is 0 Å². The largest absolute Gasteiger partial charge is 0.371 e. The number of hydrogen-bond donors (Lipinski definition) is 1.